The van der Waals surface area contributed by atoms with Crippen LogP contribution in [0.5, 0.6) is 0 Å². The van der Waals surface area contributed by atoms with Gasteiger partial charge >= 0.3 is 0 Å². The predicted octanol–water partition coefficient (Wildman–Crippen LogP) is 1.38. The zero-order valence-corrected chi connectivity index (χ0v) is 10.9. The molecule has 1 amide bonds. The van der Waals surface area contributed by atoms with Gasteiger partial charge in [-0.15, -0.1) is 0 Å². The van der Waals surface area contributed by atoms with E-state index in [-0.39, 0.29) is 5.91 Å². The van der Waals surface area contributed by atoms with Crippen molar-refractivity contribution in [2.75, 3.05) is 5.32 Å². The van der Waals surface area contributed by atoms with E-state index >= 15 is 0 Å². The van der Waals surface area contributed by atoms with E-state index in [0.29, 0.717) is 24.1 Å². The summed E-state index contributed by atoms with van der Waals surface area (Å²) in [6.07, 6.45) is 7.09. The van der Waals surface area contributed by atoms with Crippen LogP contribution in [0, 0.1) is 0 Å². The molecule has 2 N–H and O–H groups in total. The Morgan fingerprint density at radius 2 is 2.00 bits per heavy atom. The van der Waals surface area contributed by atoms with Crippen molar-refractivity contribution in [2.45, 2.75) is 25.4 Å². The standard InChI is InChI=1S/C14H15N5O/c20-13(16-9-12-3-1-2-6-15-12)10-7-17-14(18-8-10)19-11-4-5-11/h1-3,6-8,11H,4-5,9H2,(H,16,20)(H,17,18,19). The monoisotopic (exact) mass is 269 g/mol. The molecule has 102 valence electrons. The number of hydrogen-bond donors (Lipinski definition) is 2. The van der Waals surface area contributed by atoms with E-state index < -0.39 is 0 Å². The quantitative estimate of drug-likeness (QED) is 0.857. The van der Waals surface area contributed by atoms with Crippen LogP contribution in [0.15, 0.2) is 36.8 Å². The molecule has 20 heavy (non-hydrogen) atoms. The van der Waals surface area contributed by atoms with Gasteiger partial charge in [0.2, 0.25) is 5.95 Å². The van der Waals surface area contributed by atoms with Crippen molar-refractivity contribution in [3.8, 4) is 0 Å². The van der Waals surface area contributed by atoms with Crippen LogP contribution in [0.4, 0.5) is 5.95 Å². The minimum absolute atomic E-state index is 0.200. The van der Waals surface area contributed by atoms with E-state index in [1.165, 1.54) is 12.4 Å². The lowest BCUT2D eigenvalue weighted by Gasteiger charge is -2.05. The highest BCUT2D eigenvalue weighted by molar-refractivity contribution is 5.93. The Labute approximate surface area is 116 Å². The van der Waals surface area contributed by atoms with Crippen molar-refractivity contribution < 1.29 is 4.79 Å². The second kappa shape index (κ2) is 5.64. The van der Waals surface area contributed by atoms with Crippen molar-refractivity contribution in [3.63, 3.8) is 0 Å². The van der Waals surface area contributed by atoms with Gasteiger partial charge in [-0.1, -0.05) is 6.07 Å². The normalized spacial score (nSPS) is 13.8. The Kier molecular flexibility index (Phi) is 3.54. The average Bonchev–Trinajstić information content (AvgIpc) is 3.31. The van der Waals surface area contributed by atoms with Crippen molar-refractivity contribution >= 4 is 11.9 Å². The summed E-state index contributed by atoms with van der Waals surface area (Å²) in [6.45, 7) is 0.391. The van der Waals surface area contributed by atoms with Gasteiger partial charge in [-0.25, -0.2) is 9.97 Å². The molecule has 1 aliphatic carbocycles. The highest BCUT2D eigenvalue weighted by Gasteiger charge is 2.21. The van der Waals surface area contributed by atoms with Gasteiger partial charge in [-0.3, -0.25) is 9.78 Å². The van der Waals surface area contributed by atoms with Crippen molar-refractivity contribution in [1.82, 2.24) is 20.3 Å². The summed E-state index contributed by atoms with van der Waals surface area (Å²) in [5, 5.41) is 5.96. The topological polar surface area (TPSA) is 79.8 Å². The van der Waals surface area contributed by atoms with Crippen LogP contribution in [0.2, 0.25) is 0 Å². The molecule has 6 heteroatoms. The maximum atomic E-state index is 11.9. The number of hydrogen-bond acceptors (Lipinski definition) is 5. The molecule has 2 heterocycles. The fraction of sp³-hybridized carbons (Fsp3) is 0.286. The molecule has 0 atom stereocenters. The summed E-state index contributed by atoms with van der Waals surface area (Å²) in [7, 11) is 0. The van der Waals surface area contributed by atoms with Crippen molar-refractivity contribution in [3.05, 3.63) is 48.0 Å². The number of carbonyl (C=O) groups is 1. The van der Waals surface area contributed by atoms with Gasteiger partial charge in [0.1, 0.15) is 0 Å². The van der Waals surface area contributed by atoms with Gasteiger partial charge in [-0.05, 0) is 25.0 Å². The van der Waals surface area contributed by atoms with E-state index in [1.54, 1.807) is 6.20 Å². The van der Waals surface area contributed by atoms with Gasteiger partial charge in [0, 0.05) is 24.6 Å². The first-order chi connectivity index (χ1) is 9.81. The molecular weight excluding hydrogens is 254 g/mol. The molecule has 0 aromatic carbocycles. The number of nitrogens with one attached hydrogen (secondary N) is 2. The lowest BCUT2D eigenvalue weighted by atomic mass is 10.3. The van der Waals surface area contributed by atoms with Gasteiger partial charge in [-0.2, -0.15) is 0 Å². The molecule has 0 spiro atoms. The van der Waals surface area contributed by atoms with E-state index in [1.807, 2.05) is 18.2 Å². The Bertz CT molecular complexity index is 580. The number of aromatic nitrogens is 3. The molecule has 0 saturated heterocycles. The van der Waals surface area contributed by atoms with Crippen LogP contribution < -0.4 is 10.6 Å². The lowest BCUT2D eigenvalue weighted by molar-refractivity contribution is 0.0949. The van der Waals surface area contributed by atoms with Crippen LogP contribution in [-0.4, -0.2) is 26.9 Å². The zero-order chi connectivity index (χ0) is 13.8. The summed E-state index contributed by atoms with van der Waals surface area (Å²) >= 11 is 0. The molecule has 0 bridgehead atoms. The lowest BCUT2D eigenvalue weighted by Crippen LogP contribution is -2.23. The third-order valence-electron chi connectivity index (χ3n) is 2.98. The third-order valence-corrected chi connectivity index (χ3v) is 2.98. The smallest absolute Gasteiger partial charge is 0.254 e. The Balaban J connectivity index is 1.56. The molecule has 0 unspecified atom stereocenters. The van der Waals surface area contributed by atoms with Crippen LogP contribution >= 0.6 is 0 Å². The first kappa shape index (κ1) is 12.5. The Morgan fingerprint density at radius 3 is 2.65 bits per heavy atom. The van der Waals surface area contributed by atoms with Crippen LogP contribution in [-0.2, 0) is 6.54 Å². The molecule has 0 aliphatic heterocycles. The number of carbonyl (C=O) groups excluding carboxylic acids is 1. The number of pyridine rings is 1. The van der Waals surface area contributed by atoms with Crippen LogP contribution in [0.3, 0.4) is 0 Å². The number of rotatable bonds is 5. The second-order valence-corrected chi connectivity index (χ2v) is 4.72. The summed E-state index contributed by atoms with van der Waals surface area (Å²) < 4.78 is 0. The molecule has 6 nitrogen and oxygen atoms in total. The summed E-state index contributed by atoms with van der Waals surface area (Å²) in [5.74, 6) is 0.377. The van der Waals surface area contributed by atoms with Gasteiger partial charge in [0.15, 0.2) is 0 Å². The van der Waals surface area contributed by atoms with E-state index in [9.17, 15) is 4.79 Å². The first-order valence-electron chi connectivity index (χ1n) is 6.58. The third kappa shape index (κ3) is 3.28. The number of nitrogens with zero attached hydrogens (tertiary/aromatic N) is 3. The summed E-state index contributed by atoms with van der Waals surface area (Å²) in [6, 6.07) is 6.08. The Morgan fingerprint density at radius 1 is 1.20 bits per heavy atom. The maximum Gasteiger partial charge on any atom is 0.254 e. The van der Waals surface area contributed by atoms with E-state index in [0.717, 1.165) is 18.5 Å². The molecule has 3 rings (SSSR count). The number of anilines is 1. The molecule has 0 radical (unpaired) electrons. The van der Waals surface area contributed by atoms with Crippen molar-refractivity contribution in [1.29, 1.82) is 0 Å². The van der Waals surface area contributed by atoms with Crippen LogP contribution in [0.1, 0.15) is 28.9 Å². The van der Waals surface area contributed by atoms with E-state index in [2.05, 4.69) is 25.6 Å². The highest BCUT2D eigenvalue weighted by Crippen LogP contribution is 2.22. The minimum atomic E-state index is -0.200. The first-order valence-corrected chi connectivity index (χ1v) is 6.58. The largest absolute Gasteiger partial charge is 0.351 e. The molecule has 1 saturated carbocycles. The minimum Gasteiger partial charge on any atom is -0.351 e. The van der Waals surface area contributed by atoms with Crippen LogP contribution in [0.25, 0.3) is 0 Å². The van der Waals surface area contributed by atoms with Gasteiger partial charge in [0.05, 0.1) is 17.8 Å². The predicted molar refractivity (Wildman–Crippen MR) is 74.1 cm³/mol. The maximum absolute atomic E-state index is 11.9. The zero-order valence-electron chi connectivity index (χ0n) is 10.9. The fourth-order valence-corrected chi connectivity index (χ4v) is 1.71. The average molecular weight is 269 g/mol. The number of amides is 1. The molecule has 2 aromatic rings. The van der Waals surface area contributed by atoms with E-state index in [4.69, 9.17) is 0 Å². The molecule has 2 aromatic heterocycles. The second-order valence-electron chi connectivity index (χ2n) is 4.72. The Hall–Kier alpha value is -2.50. The van der Waals surface area contributed by atoms with Gasteiger partial charge in [0.25, 0.3) is 5.91 Å². The van der Waals surface area contributed by atoms with Crippen molar-refractivity contribution in [2.24, 2.45) is 0 Å². The molecule has 1 fully saturated rings. The SMILES string of the molecule is O=C(NCc1ccccn1)c1cnc(NC2CC2)nc1. The summed E-state index contributed by atoms with van der Waals surface area (Å²) in [4.78, 5) is 24.3. The summed E-state index contributed by atoms with van der Waals surface area (Å²) in [5.41, 5.74) is 1.26. The molecule has 1 aliphatic rings. The molecular formula is C14H15N5O. The highest BCUT2D eigenvalue weighted by atomic mass is 16.1. The van der Waals surface area contributed by atoms with Gasteiger partial charge < -0.3 is 10.6 Å². The fourth-order valence-electron chi connectivity index (χ4n) is 1.71.